The molecule has 0 spiro atoms. The first kappa shape index (κ1) is 9.06. The highest BCUT2D eigenvalue weighted by atomic mass is 32.2. The van der Waals surface area contributed by atoms with Crippen LogP contribution in [-0.4, -0.2) is 23.1 Å². The molecule has 1 heterocycles. The molecule has 1 aliphatic rings. The minimum absolute atomic E-state index is 0.213. The zero-order chi connectivity index (χ0) is 9.14. The summed E-state index contributed by atoms with van der Waals surface area (Å²) in [7, 11) is 1.48. The lowest BCUT2D eigenvalue weighted by Gasteiger charge is -2.00. The Balaban J connectivity index is 2.77. The molecular weight excluding hydrogens is 174 g/mol. The maximum Gasteiger partial charge on any atom is 0.293 e. The van der Waals surface area contributed by atoms with Crippen molar-refractivity contribution in [1.29, 1.82) is 0 Å². The number of carbonyl (C=O) groups is 2. The number of rotatable bonds is 2. The van der Waals surface area contributed by atoms with Gasteiger partial charge in [0.2, 0.25) is 0 Å². The van der Waals surface area contributed by atoms with Crippen molar-refractivity contribution in [3.63, 3.8) is 0 Å². The number of imide groups is 1. The van der Waals surface area contributed by atoms with Crippen molar-refractivity contribution >= 4 is 22.9 Å². The van der Waals surface area contributed by atoms with E-state index in [4.69, 9.17) is 0 Å². The normalized spacial score (nSPS) is 20.8. The number of amides is 2. The Morgan fingerprint density at radius 2 is 2.25 bits per heavy atom. The lowest BCUT2D eigenvalue weighted by atomic mass is 10.3. The number of allylic oxidation sites excluding steroid dienone is 2. The van der Waals surface area contributed by atoms with E-state index in [0.29, 0.717) is 11.3 Å². The van der Waals surface area contributed by atoms with Crippen LogP contribution in [0, 0.1) is 0 Å². The summed E-state index contributed by atoms with van der Waals surface area (Å²) in [5.74, 6) is -0.216. The third-order valence-electron chi connectivity index (χ3n) is 1.46. The summed E-state index contributed by atoms with van der Waals surface area (Å²) in [6.45, 7) is 3.52. The molecule has 0 aromatic rings. The minimum atomic E-state index is -0.216. The molecule has 0 N–H and O–H groups in total. The Morgan fingerprint density at radius 3 is 2.67 bits per heavy atom. The number of nitrogens with zero attached hydrogens (tertiary/aromatic N) is 1. The second-order valence-electron chi connectivity index (χ2n) is 2.32. The molecule has 0 aliphatic carbocycles. The average molecular weight is 183 g/mol. The first-order valence-electron chi connectivity index (χ1n) is 3.47. The van der Waals surface area contributed by atoms with Crippen molar-refractivity contribution in [1.82, 2.24) is 4.90 Å². The largest absolute Gasteiger partial charge is 0.293 e. The van der Waals surface area contributed by atoms with Crippen LogP contribution in [0.2, 0.25) is 0 Å². The van der Waals surface area contributed by atoms with Crippen LogP contribution in [0.5, 0.6) is 0 Å². The van der Waals surface area contributed by atoms with E-state index < -0.39 is 0 Å². The fraction of sp³-hybridized carbons (Fsp3) is 0.250. The van der Waals surface area contributed by atoms with E-state index >= 15 is 0 Å². The fourth-order valence-electron chi connectivity index (χ4n) is 0.774. The maximum absolute atomic E-state index is 11.2. The summed E-state index contributed by atoms with van der Waals surface area (Å²) < 4.78 is 0. The van der Waals surface area contributed by atoms with E-state index in [1.165, 1.54) is 7.05 Å². The fourth-order valence-corrected chi connectivity index (χ4v) is 1.59. The van der Waals surface area contributed by atoms with Crippen LogP contribution in [0.4, 0.5) is 4.79 Å². The van der Waals surface area contributed by atoms with Crippen LogP contribution < -0.4 is 0 Å². The summed E-state index contributed by atoms with van der Waals surface area (Å²) in [6, 6.07) is 0. The predicted octanol–water partition coefficient (Wildman–Crippen LogP) is 1.77. The molecule has 2 amide bonds. The number of likely N-dealkylation sites (N-methyl/N-ethyl adjacent to an activating group) is 1. The molecule has 64 valence electrons. The van der Waals surface area contributed by atoms with Crippen molar-refractivity contribution in [3.05, 3.63) is 23.6 Å². The first-order valence-corrected chi connectivity index (χ1v) is 4.29. The van der Waals surface area contributed by atoms with Gasteiger partial charge in [-0.15, -0.1) is 6.58 Å². The van der Waals surface area contributed by atoms with E-state index in [1.54, 1.807) is 12.2 Å². The van der Waals surface area contributed by atoms with Gasteiger partial charge in [0.05, 0.1) is 4.91 Å². The zero-order valence-electron chi connectivity index (χ0n) is 6.74. The highest BCUT2D eigenvalue weighted by Gasteiger charge is 2.31. The first-order chi connectivity index (χ1) is 5.66. The van der Waals surface area contributed by atoms with E-state index in [9.17, 15) is 9.59 Å². The molecule has 0 aromatic carbocycles. The van der Waals surface area contributed by atoms with Gasteiger partial charge in [0.25, 0.3) is 11.1 Å². The van der Waals surface area contributed by atoms with Crippen LogP contribution in [0.3, 0.4) is 0 Å². The van der Waals surface area contributed by atoms with E-state index in [1.807, 2.05) is 0 Å². The third-order valence-corrected chi connectivity index (χ3v) is 2.47. The molecule has 0 saturated carbocycles. The molecule has 4 heteroatoms. The van der Waals surface area contributed by atoms with Crippen molar-refractivity contribution in [2.75, 3.05) is 7.05 Å². The minimum Gasteiger partial charge on any atom is -0.272 e. The molecule has 0 bridgehead atoms. The van der Waals surface area contributed by atoms with Crippen molar-refractivity contribution in [2.24, 2.45) is 0 Å². The Morgan fingerprint density at radius 1 is 1.58 bits per heavy atom. The maximum atomic E-state index is 11.2. The number of thioether (sulfide) groups is 1. The van der Waals surface area contributed by atoms with Crippen LogP contribution in [-0.2, 0) is 4.79 Å². The summed E-state index contributed by atoms with van der Waals surface area (Å²) >= 11 is 0.972. The smallest absolute Gasteiger partial charge is 0.272 e. The predicted molar refractivity (Wildman–Crippen MR) is 48.7 cm³/mol. The monoisotopic (exact) mass is 183 g/mol. The number of hydrogen-bond donors (Lipinski definition) is 0. The van der Waals surface area contributed by atoms with Gasteiger partial charge in [-0.05, 0) is 18.2 Å². The Kier molecular flexibility index (Phi) is 2.70. The Bertz CT molecular complexity index is 270. The van der Waals surface area contributed by atoms with Gasteiger partial charge in [-0.2, -0.15) is 0 Å². The average Bonchev–Trinajstić information content (AvgIpc) is 2.30. The topological polar surface area (TPSA) is 37.4 Å². The lowest BCUT2D eigenvalue weighted by Crippen LogP contribution is -2.22. The van der Waals surface area contributed by atoms with Gasteiger partial charge < -0.3 is 0 Å². The number of hydrogen-bond acceptors (Lipinski definition) is 3. The Labute approximate surface area is 75.1 Å². The second-order valence-corrected chi connectivity index (χ2v) is 3.32. The van der Waals surface area contributed by atoms with Gasteiger partial charge in [0.1, 0.15) is 0 Å². The molecule has 0 unspecified atom stereocenters. The van der Waals surface area contributed by atoms with Gasteiger partial charge in [-0.1, -0.05) is 12.2 Å². The standard InChI is InChI=1S/C8H9NO2S/c1-3-4-5-6-7(10)9(2)8(11)12-6/h3,5H,1,4H2,2H3/b6-5-. The van der Waals surface area contributed by atoms with Gasteiger partial charge in [0, 0.05) is 7.05 Å². The molecule has 3 nitrogen and oxygen atoms in total. The molecule has 12 heavy (non-hydrogen) atoms. The molecule has 1 fully saturated rings. The van der Waals surface area contributed by atoms with Crippen LogP contribution >= 0.6 is 11.8 Å². The quantitative estimate of drug-likeness (QED) is 0.483. The molecule has 0 atom stereocenters. The highest BCUT2D eigenvalue weighted by Crippen LogP contribution is 2.29. The third kappa shape index (κ3) is 1.58. The van der Waals surface area contributed by atoms with Gasteiger partial charge in [0.15, 0.2) is 0 Å². The molecule has 1 aliphatic heterocycles. The summed E-state index contributed by atoms with van der Waals surface area (Å²) in [4.78, 5) is 23.8. The highest BCUT2D eigenvalue weighted by molar-refractivity contribution is 8.18. The lowest BCUT2D eigenvalue weighted by molar-refractivity contribution is -0.121. The van der Waals surface area contributed by atoms with Crippen LogP contribution in [0.15, 0.2) is 23.6 Å². The summed E-state index contributed by atoms with van der Waals surface area (Å²) in [6.07, 6.45) is 4.01. The molecule has 0 aromatic heterocycles. The summed E-state index contributed by atoms with van der Waals surface area (Å²) in [5, 5.41) is -0.213. The van der Waals surface area contributed by atoms with Gasteiger partial charge >= 0.3 is 0 Å². The molecular formula is C8H9NO2S. The van der Waals surface area contributed by atoms with Gasteiger partial charge in [-0.3, -0.25) is 14.5 Å². The molecule has 1 saturated heterocycles. The van der Waals surface area contributed by atoms with Gasteiger partial charge in [-0.25, -0.2) is 0 Å². The van der Waals surface area contributed by atoms with E-state index in [2.05, 4.69) is 6.58 Å². The number of carbonyl (C=O) groups excluding carboxylic acids is 2. The summed E-state index contributed by atoms with van der Waals surface area (Å²) in [5.41, 5.74) is 0. The Hall–Kier alpha value is -1.03. The van der Waals surface area contributed by atoms with Crippen LogP contribution in [0.1, 0.15) is 6.42 Å². The van der Waals surface area contributed by atoms with E-state index in [-0.39, 0.29) is 11.1 Å². The second kappa shape index (κ2) is 3.58. The van der Waals surface area contributed by atoms with Crippen molar-refractivity contribution in [2.45, 2.75) is 6.42 Å². The van der Waals surface area contributed by atoms with Crippen molar-refractivity contribution < 1.29 is 9.59 Å². The van der Waals surface area contributed by atoms with Crippen molar-refractivity contribution in [3.8, 4) is 0 Å². The molecule has 0 radical (unpaired) electrons. The van der Waals surface area contributed by atoms with E-state index in [0.717, 1.165) is 16.7 Å². The molecule has 1 rings (SSSR count). The van der Waals surface area contributed by atoms with Crippen LogP contribution in [0.25, 0.3) is 0 Å². The zero-order valence-corrected chi connectivity index (χ0v) is 7.56. The SMILES string of the molecule is C=CC/C=C1\SC(=O)N(C)C1=O.